The normalized spacial score (nSPS) is 22.8. The van der Waals surface area contributed by atoms with E-state index in [0.717, 1.165) is 6.07 Å². The van der Waals surface area contributed by atoms with Crippen molar-refractivity contribution in [1.82, 2.24) is 4.90 Å². The number of hydrogen-bond acceptors (Lipinski definition) is 3. The number of aliphatic imine (C=N–C) groups is 1. The Labute approximate surface area is 115 Å². The molecule has 1 heterocycles. The van der Waals surface area contributed by atoms with Gasteiger partial charge in [-0.3, -0.25) is 4.99 Å². The van der Waals surface area contributed by atoms with Crippen molar-refractivity contribution >= 4 is 5.96 Å². The van der Waals surface area contributed by atoms with Crippen LogP contribution in [-0.2, 0) is 11.7 Å². The smallest absolute Gasteiger partial charge is 0.370 e. The molecule has 0 saturated carbocycles. The van der Waals surface area contributed by atoms with E-state index in [0.29, 0.717) is 6.54 Å². The molecule has 0 aromatic heterocycles. The van der Waals surface area contributed by atoms with E-state index in [1.807, 2.05) is 0 Å². The summed E-state index contributed by atoms with van der Waals surface area (Å²) in [6.45, 7) is 5.87. The number of guanidine groups is 1. The van der Waals surface area contributed by atoms with Crippen LogP contribution in [0.5, 0.6) is 0 Å². The molecule has 1 aliphatic rings. The average molecular weight is 283 g/mol. The molecule has 6 heteroatoms. The Hall–Kier alpha value is -1.98. The quantitative estimate of drug-likeness (QED) is 0.867. The molecule has 3 nitrogen and oxygen atoms in total. The van der Waals surface area contributed by atoms with Crippen LogP contribution in [-0.4, -0.2) is 23.9 Å². The molecule has 0 bridgehead atoms. The lowest BCUT2D eigenvalue weighted by atomic mass is 9.87. The highest BCUT2D eigenvalue weighted by Gasteiger charge is 2.44. The monoisotopic (exact) mass is 283 g/mol. The fourth-order valence-electron chi connectivity index (χ4n) is 2.51. The minimum absolute atomic E-state index is 0.179. The van der Waals surface area contributed by atoms with Crippen molar-refractivity contribution in [3.63, 3.8) is 0 Å². The first kappa shape index (κ1) is 14.4. The molecule has 0 amide bonds. The lowest BCUT2D eigenvalue weighted by molar-refractivity contribution is -0.139. The van der Waals surface area contributed by atoms with Crippen LogP contribution in [0.1, 0.15) is 18.1 Å². The molecule has 1 unspecified atom stereocenters. The van der Waals surface area contributed by atoms with Crippen molar-refractivity contribution in [3.05, 3.63) is 48.0 Å². The first-order valence-corrected chi connectivity index (χ1v) is 6.16. The summed E-state index contributed by atoms with van der Waals surface area (Å²) in [6.07, 6.45) is -2.81. The Morgan fingerprint density at radius 2 is 2.10 bits per heavy atom. The van der Waals surface area contributed by atoms with Gasteiger partial charge in [0.2, 0.25) is 0 Å². The van der Waals surface area contributed by atoms with Crippen molar-refractivity contribution < 1.29 is 13.2 Å². The summed E-state index contributed by atoms with van der Waals surface area (Å²) in [7, 11) is 0. The number of hydrogen-bond donors (Lipinski definition) is 1. The topological polar surface area (TPSA) is 41.6 Å². The molecule has 0 fully saturated rings. The van der Waals surface area contributed by atoms with Crippen LogP contribution in [0, 0.1) is 0 Å². The number of nitrogens with zero attached hydrogens (tertiary/aromatic N) is 2. The lowest BCUT2D eigenvalue weighted by Gasteiger charge is -2.37. The molecular formula is C14H16F3N3. The van der Waals surface area contributed by atoms with Crippen LogP contribution in [0.15, 0.2) is 41.9 Å². The lowest BCUT2D eigenvalue weighted by Crippen LogP contribution is -2.48. The molecule has 0 saturated heterocycles. The maximum Gasteiger partial charge on any atom is 0.416 e. The van der Waals surface area contributed by atoms with Gasteiger partial charge in [0.05, 0.1) is 17.6 Å². The van der Waals surface area contributed by atoms with E-state index in [4.69, 9.17) is 5.73 Å². The van der Waals surface area contributed by atoms with E-state index in [2.05, 4.69) is 11.6 Å². The number of rotatable bonds is 3. The maximum absolute atomic E-state index is 13.2. The maximum atomic E-state index is 13.2. The van der Waals surface area contributed by atoms with Gasteiger partial charge in [0.15, 0.2) is 5.96 Å². The summed E-state index contributed by atoms with van der Waals surface area (Å²) in [4.78, 5) is 5.74. The third-order valence-electron chi connectivity index (χ3n) is 3.55. The largest absolute Gasteiger partial charge is 0.416 e. The van der Waals surface area contributed by atoms with Crippen molar-refractivity contribution in [2.24, 2.45) is 10.7 Å². The molecule has 2 N–H and O–H groups in total. The van der Waals surface area contributed by atoms with E-state index in [1.165, 1.54) is 12.1 Å². The van der Waals surface area contributed by atoms with Gasteiger partial charge in [0.1, 0.15) is 0 Å². The highest BCUT2D eigenvalue weighted by Crippen LogP contribution is 2.40. The van der Waals surface area contributed by atoms with Crippen LogP contribution in [0.3, 0.4) is 0 Å². The average Bonchev–Trinajstić information content (AvgIpc) is 2.68. The fraction of sp³-hybridized carbons (Fsp3) is 0.357. The van der Waals surface area contributed by atoms with E-state index < -0.39 is 17.3 Å². The predicted molar refractivity (Wildman–Crippen MR) is 72.2 cm³/mol. The second-order valence-electron chi connectivity index (χ2n) is 4.89. The van der Waals surface area contributed by atoms with Gasteiger partial charge in [-0.15, -0.1) is 6.58 Å². The Kier molecular flexibility index (Phi) is 3.50. The van der Waals surface area contributed by atoms with Crippen molar-refractivity contribution in [2.45, 2.75) is 18.6 Å². The van der Waals surface area contributed by atoms with Gasteiger partial charge in [-0.1, -0.05) is 24.3 Å². The summed E-state index contributed by atoms with van der Waals surface area (Å²) in [5.74, 6) is 0.240. The van der Waals surface area contributed by atoms with Crippen LogP contribution >= 0.6 is 0 Å². The summed E-state index contributed by atoms with van der Waals surface area (Å²) in [5.41, 5.74) is 4.40. The van der Waals surface area contributed by atoms with Crippen LogP contribution in [0.4, 0.5) is 13.2 Å². The molecule has 0 aliphatic carbocycles. The first-order valence-electron chi connectivity index (χ1n) is 6.16. The van der Waals surface area contributed by atoms with Gasteiger partial charge in [-0.25, -0.2) is 0 Å². The van der Waals surface area contributed by atoms with Crippen molar-refractivity contribution in [1.29, 1.82) is 0 Å². The van der Waals surface area contributed by atoms with Gasteiger partial charge in [-0.05, 0) is 18.6 Å². The van der Waals surface area contributed by atoms with E-state index in [9.17, 15) is 13.2 Å². The summed E-state index contributed by atoms with van der Waals surface area (Å²) >= 11 is 0. The molecule has 108 valence electrons. The Morgan fingerprint density at radius 3 is 2.70 bits per heavy atom. The zero-order chi connectivity index (χ0) is 15.0. The summed E-state index contributed by atoms with van der Waals surface area (Å²) < 4.78 is 39.5. The van der Waals surface area contributed by atoms with Crippen LogP contribution in [0.25, 0.3) is 0 Å². The second-order valence-corrected chi connectivity index (χ2v) is 4.89. The fourth-order valence-corrected chi connectivity index (χ4v) is 2.51. The zero-order valence-electron chi connectivity index (χ0n) is 11.1. The molecule has 0 spiro atoms. The summed E-state index contributed by atoms with van der Waals surface area (Å²) in [5, 5.41) is 0. The first-order chi connectivity index (χ1) is 9.30. The molecule has 1 aliphatic heterocycles. The van der Waals surface area contributed by atoms with Crippen molar-refractivity contribution in [2.75, 3.05) is 13.1 Å². The van der Waals surface area contributed by atoms with Gasteiger partial charge < -0.3 is 10.6 Å². The number of halogens is 3. The Balaban J connectivity index is 2.53. The highest BCUT2D eigenvalue weighted by atomic mass is 19.4. The SMILES string of the molecule is C=CCN1C(N)=NCC1(C)c1ccccc1C(F)(F)F. The third-order valence-corrected chi connectivity index (χ3v) is 3.55. The minimum Gasteiger partial charge on any atom is -0.370 e. The van der Waals surface area contributed by atoms with Gasteiger partial charge >= 0.3 is 6.18 Å². The zero-order valence-corrected chi connectivity index (χ0v) is 11.1. The summed E-state index contributed by atoms with van der Waals surface area (Å²) in [6, 6.07) is 5.54. The van der Waals surface area contributed by atoms with Crippen molar-refractivity contribution in [3.8, 4) is 0 Å². The Morgan fingerprint density at radius 1 is 1.45 bits per heavy atom. The predicted octanol–water partition coefficient (Wildman–Crippen LogP) is 2.74. The molecule has 0 radical (unpaired) electrons. The van der Waals surface area contributed by atoms with Crippen LogP contribution in [0.2, 0.25) is 0 Å². The molecule has 2 rings (SSSR count). The van der Waals surface area contributed by atoms with E-state index in [-0.39, 0.29) is 18.1 Å². The van der Waals surface area contributed by atoms with Crippen LogP contribution < -0.4 is 5.73 Å². The Bertz CT molecular complexity index is 551. The molecule has 1 aromatic carbocycles. The molecular weight excluding hydrogens is 267 g/mol. The van der Waals surface area contributed by atoms with Gasteiger partial charge in [-0.2, -0.15) is 13.2 Å². The highest BCUT2D eigenvalue weighted by molar-refractivity contribution is 5.81. The van der Waals surface area contributed by atoms with Gasteiger partial charge in [0.25, 0.3) is 0 Å². The molecule has 20 heavy (non-hydrogen) atoms. The number of nitrogens with two attached hydrogens (primary N) is 1. The third kappa shape index (κ3) is 2.26. The molecule has 1 aromatic rings. The molecule has 1 atom stereocenters. The standard InChI is InChI=1S/C14H16F3N3/c1-3-8-20-12(18)19-9-13(20,2)10-6-4-5-7-11(10)14(15,16)17/h3-7H,1,8-9H2,2H3,(H2,18,19). The van der Waals surface area contributed by atoms with E-state index in [1.54, 1.807) is 24.0 Å². The number of alkyl halides is 3. The van der Waals surface area contributed by atoms with Gasteiger partial charge in [0, 0.05) is 6.54 Å². The number of benzene rings is 1. The second kappa shape index (κ2) is 4.85. The minimum atomic E-state index is -4.41. The van der Waals surface area contributed by atoms with E-state index >= 15 is 0 Å².